The molecule has 1 amide bonds. The van der Waals surface area contributed by atoms with Gasteiger partial charge in [0.05, 0.1) is 5.69 Å². The summed E-state index contributed by atoms with van der Waals surface area (Å²) >= 11 is 0. The van der Waals surface area contributed by atoms with E-state index in [0.717, 1.165) is 34.0 Å². The van der Waals surface area contributed by atoms with E-state index < -0.39 is 0 Å². The Balaban J connectivity index is 1.50. The van der Waals surface area contributed by atoms with Crippen molar-refractivity contribution in [3.63, 3.8) is 0 Å². The second-order valence-corrected chi connectivity index (χ2v) is 7.61. The van der Waals surface area contributed by atoms with Crippen LogP contribution in [-0.2, 0) is 4.79 Å². The van der Waals surface area contributed by atoms with E-state index in [0.29, 0.717) is 17.1 Å². The van der Waals surface area contributed by atoms with Gasteiger partial charge in [0.25, 0.3) is 0 Å². The average molecular weight is 344 g/mol. The summed E-state index contributed by atoms with van der Waals surface area (Å²) in [5, 5.41) is 4.70. The fourth-order valence-corrected chi connectivity index (χ4v) is 3.89. The second kappa shape index (κ2) is 5.27. The number of aryl methyl sites for hydroxylation is 1. The molecule has 2 saturated carbocycles. The van der Waals surface area contributed by atoms with E-state index in [1.165, 1.54) is 12.8 Å². The number of nitrogens with one attached hydrogen (secondary N) is 1. The summed E-state index contributed by atoms with van der Waals surface area (Å²) in [4.78, 5) is 21.3. The summed E-state index contributed by atoms with van der Waals surface area (Å²) < 4.78 is 0. The quantitative estimate of drug-likeness (QED) is 0.754. The lowest BCUT2D eigenvalue weighted by Crippen LogP contribution is -2.15. The standard InChI is InChI=1S/C21H20N4O/c1-12-4-2-3-5-14(12)17-8-13-9-18(23-11-15(13)19(22)24-17)25-20(26)16-10-21(16)6-7-21/h2-5,8-9,11,16H,6-7,10H2,1H3,(H2,22,24)(H,23,25,26). The third kappa shape index (κ3) is 2.43. The van der Waals surface area contributed by atoms with E-state index in [1.54, 1.807) is 6.20 Å². The topological polar surface area (TPSA) is 80.9 Å². The van der Waals surface area contributed by atoms with Gasteiger partial charge in [-0.25, -0.2) is 9.97 Å². The van der Waals surface area contributed by atoms with Gasteiger partial charge in [0, 0.05) is 23.1 Å². The van der Waals surface area contributed by atoms with Gasteiger partial charge in [-0.3, -0.25) is 4.79 Å². The summed E-state index contributed by atoms with van der Waals surface area (Å²) in [5.41, 5.74) is 9.53. The first kappa shape index (κ1) is 15.3. The van der Waals surface area contributed by atoms with Crippen molar-refractivity contribution in [1.82, 2.24) is 9.97 Å². The molecule has 3 aromatic rings. The SMILES string of the molecule is Cc1ccccc1-c1cc2cc(NC(=O)C3CC34CC4)ncc2c(N)n1. The molecule has 5 rings (SSSR count). The molecule has 0 bridgehead atoms. The predicted molar refractivity (Wildman–Crippen MR) is 103 cm³/mol. The Labute approximate surface area is 151 Å². The number of carbonyl (C=O) groups excluding carboxylic acids is 1. The predicted octanol–water partition coefficient (Wildman–Crippen LogP) is 3.93. The Hall–Kier alpha value is -2.95. The minimum Gasteiger partial charge on any atom is -0.383 e. The Morgan fingerprint density at radius 3 is 2.81 bits per heavy atom. The number of hydrogen-bond donors (Lipinski definition) is 2. The van der Waals surface area contributed by atoms with Gasteiger partial charge < -0.3 is 11.1 Å². The molecule has 5 nitrogen and oxygen atoms in total. The van der Waals surface area contributed by atoms with Crippen LogP contribution in [0.2, 0.25) is 0 Å². The van der Waals surface area contributed by atoms with Crippen LogP contribution in [0.15, 0.2) is 42.6 Å². The van der Waals surface area contributed by atoms with Crippen LogP contribution in [0.5, 0.6) is 0 Å². The van der Waals surface area contributed by atoms with Crippen molar-refractivity contribution in [2.75, 3.05) is 11.1 Å². The number of nitrogens with zero attached hydrogens (tertiary/aromatic N) is 2. The number of carbonyl (C=O) groups is 1. The molecule has 1 atom stereocenters. The van der Waals surface area contributed by atoms with Crippen LogP contribution in [0.25, 0.3) is 22.0 Å². The highest BCUT2D eigenvalue weighted by atomic mass is 16.2. The number of fused-ring (bicyclic) bond motifs is 1. The first-order chi connectivity index (χ1) is 12.6. The van der Waals surface area contributed by atoms with Crippen molar-refractivity contribution >= 4 is 28.3 Å². The molecule has 1 aromatic carbocycles. The molecule has 3 N–H and O–H groups in total. The van der Waals surface area contributed by atoms with Gasteiger partial charge in [-0.2, -0.15) is 0 Å². The number of pyridine rings is 2. The van der Waals surface area contributed by atoms with E-state index in [-0.39, 0.29) is 11.8 Å². The van der Waals surface area contributed by atoms with Crippen molar-refractivity contribution in [2.24, 2.45) is 11.3 Å². The van der Waals surface area contributed by atoms with Gasteiger partial charge in [0.2, 0.25) is 5.91 Å². The number of hydrogen-bond acceptors (Lipinski definition) is 4. The largest absolute Gasteiger partial charge is 0.383 e. The van der Waals surface area contributed by atoms with Gasteiger partial charge in [-0.05, 0) is 54.7 Å². The highest BCUT2D eigenvalue weighted by Gasteiger charge is 2.65. The Kier molecular flexibility index (Phi) is 3.11. The van der Waals surface area contributed by atoms with Crippen LogP contribution < -0.4 is 11.1 Å². The molecule has 5 heteroatoms. The van der Waals surface area contributed by atoms with Crippen LogP contribution in [0.1, 0.15) is 24.8 Å². The molecule has 26 heavy (non-hydrogen) atoms. The lowest BCUT2D eigenvalue weighted by molar-refractivity contribution is -0.117. The molecule has 0 radical (unpaired) electrons. The maximum atomic E-state index is 12.4. The third-order valence-corrected chi connectivity index (χ3v) is 5.82. The lowest BCUT2D eigenvalue weighted by Gasteiger charge is -2.10. The van der Waals surface area contributed by atoms with Crippen molar-refractivity contribution in [2.45, 2.75) is 26.2 Å². The number of nitrogen functional groups attached to an aromatic ring is 1. The van der Waals surface area contributed by atoms with Crippen LogP contribution in [0, 0.1) is 18.3 Å². The highest BCUT2D eigenvalue weighted by Crippen LogP contribution is 2.70. The number of anilines is 2. The van der Waals surface area contributed by atoms with Gasteiger partial charge >= 0.3 is 0 Å². The fourth-order valence-electron chi connectivity index (χ4n) is 3.89. The van der Waals surface area contributed by atoms with Crippen molar-refractivity contribution in [3.05, 3.63) is 48.2 Å². The van der Waals surface area contributed by atoms with Gasteiger partial charge in [-0.15, -0.1) is 0 Å². The minimum absolute atomic E-state index is 0.0931. The summed E-state index contributed by atoms with van der Waals surface area (Å²) in [6.45, 7) is 2.05. The molecule has 0 aliphatic heterocycles. The number of nitrogens with two attached hydrogens (primary N) is 1. The van der Waals surface area contributed by atoms with E-state index in [4.69, 9.17) is 5.73 Å². The van der Waals surface area contributed by atoms with E-state index in [2.05, 4.69) is 28.3 Å². The molecule has 1 unspecified atom stereocenters. The van der Waals surface area contributed by atoms with Crippen LogP contribution in [0.3, 0.4) is 0 Å². The van der Waals surface area contributed by atoms with E-state index >= 15 is 0 Å². The van der Waals surface area contributed by atoms with Gasteiger partial charge in [0.15, 0.2) is 0 Å². The molecule has 2 aromatic heterocycles. The average Bonchev–Trinajstić information content (AvgIpc) is 3.54. The highest BCUT2D eigenvalue weighted by molar-refractivity contribution is 5.99. The van der Waals surface area contributed by atoms with Gasteiger partial charge in [0.1, 0.15) is 11.6 Å². The Bertz CT molecular complexity index is 1060. The number of benzene rings is 1. The monoisotopic (exact) mass is 344 g/mol. The first-order valence-electron chi connectivity index (χ1n) is 8.99. The first-order valence-corrected chi connectivity index (χ1v) is 8.99. The Morgan fingerprint density at radius 1 is 1.27 bits per heavy atom. The molecule has 130 valence electrons. The smallest absolute Gasteiger partial charge is 0.229 e. The molecule has 2 fully saturated rings. The van der Waals surface area contributed by atoms with Gasteiger partial charge in [-0.1, -0.05) is 24.3 Å². The van der Waals surface area contributed by atoms with Crippen LogP contribution >= 0.6 is 0 Å². The van der Waals surface area contributed by atoms with E-state index in [9.17, 15) is 4.79 Å². The zero-order valence-corrected chi connectivity index (χ0v) is 14.6. The van der Waals surface area contributed by atoms with Crippen molar-refractivity contribution < 1.29 is 4.79 Å². The third-order valence-electron chi connectivity index (χ3n) is 5.82. The van der Waals surface area contributed by atoms with Crippen molar-refractivity contribution in [1.29, 1.82) is 0 Å². The normalized spacial score (nSPS) is 19.5. The molecule has 2 heterocycles. The number of amides is 1. The zero-order valence-electron chi connectivity index (χ0n) is 14.6. The zero-order chi connectivity index (χ0) is 17.9. The maximum Gasteiger partial charge on any atom is 0.229 e. The minimum atomic E-state index is 0.0931. The summed E-state index contributed by atoms with van der Waals surface area (Å²) in [7, 11) is 0. The molecular weight excluding hydrogens is 324 g/mol. The summed E-state index contributed by atoms with van der Waals surface area (Å²) in [5.74, 6) is 1.29. The molecule has 0 saturated heterocycles. The van der Waals surface area contributed by atoms with Crippen molar-refractivity contribution in [3.8, 4) is 11.3 Å². The molecule has 2 aliphatic carbocycles. The van der Waals surface area contributed by atoms with Crippen LogP contribution in [0.4, 0.5) is 11.6 Å². The molecular formula is C21H20N4O. The molecule has 1 spiro atoms. The summed E-state index contributed by atoms with van der Waals surface area (Å²) in [6, 6.07) is 12.0. The Morgan fingerprint density at radius 2 is 2.08 bits per heavy atom. The molecule has 2 aliphatic rings. The number of rotatable bonds is 3. The number of aromatic nitrogens is 2. The second-order valence-electron chi connectivity index (χ2n) is 7.61. The maximum absolute atomic E-state index is 12.4. The summed E-state index contributed by atoms with van der Waals surface area (Å²) in [6.07, 6.45) is 5.10. The fraction of sp³-hybridized carbons (Fsp3) is 0.286. The van der Waals surface area contributed by atoms with E-state index in [1.807, 2.05) is 30.3 Å². The lowest BCUT2D eigenvalue weighted by atomic mass is 10.0. The van der Waals surface area contributed by atoms with Crippen LogP contribution in [-0.4, -0.2) is 15.9 Å².